The highest BCUT2D eigenvalue weighted by Crippen LogP contribution is 2.20. The first-order valence-electron chi connectivity index (χ1n) is 12.2. The number of guanidine groups is 1. The molecule has 14 heteroatoms. The lowest BCUT2D eigenvalue weighted by atomic mass is 10.1. The number of amides is 3. The van der Waals surface area contributed by atoms with Crippen LogP contribution in [0, 0.1) is 0 Å². The zero-order chi connectivity index (χ0) is 26.1. The van der Waals surface area contributed by atoms with E-state index >= 15 is 0 Å². The molecule has 2 aliphatic heterocycles. The van der Waals surface area contributed by atoms with Crippen LogP contribution in [0.5, 0.6) is 0 Å². The van der Waals surface area contributed by atoms with Crippen LogP contribution in [0.25, 0.3) is 0 Å². The van der Waals surface area contributed by atoms with Crippen molar-refractivity contribution in [3.05, 3.63) is 18.2 Å². The first-order valence-corrected chi connectivity index (χ1v) is 12.2. The SMILES string of the molecule is NC(N)=NCCCC(NC(=O)C1CCCN1C(=O)C(Cc1cnc[nH]1)NC(=O)C1CCCN1)C(=O)O. The number of aliphatic imine (C=N–C) groups is 1. The van der Waals surface area contributed by atoms with Crippen molar-refractivity contribution < 1.29 is 24.3 Å². The Bertz CT molecular complexity index is 942. The van der Waals surface area contributed by atoms with E-state index in [9.17, 15) is 24.3 Å². The Morgan fingerprint density at radius 3 is 2.58 bits per heavy atom. The van der Waals surface area contributed by atoms with E-state index in [0.717, 1.165) is 13.0 Å². The van der Waals surface area contributed by atoms with Crippen molar-refractivity contribution in [2.24, 2.45) is 16.5 Å². The van der Waals surface area contributed by atoms with E-state index in [0.29, 0.717) is 37.9 Å². The summed E-state index contributed by atoms with van der Waals surface area (Å²) in [5.41, 5.74) is 11.2. The Balaban J connectivity index is 1.66. The third kappa shape index (κ3) is 7.41. The minimum absolute atomic E-state index is 0.0912. The van der Waals surface area contributed by atoms with Crippen LogP contribution in [-0.2, 0) is 25.6 Å². The quantitative estimate of drug-likeness (QED) is 0.0929. The number of imidazole rings is 1. The lowest BCUT2D eigenvalue weighted by Crippen LogP contribution is -2.57. The number of carbonyl (C=O) groups excluding carboxylic acids is 3. The normalized spacial score (nSPS) is 20.9. The summed E-state index contributed by atoms with van der Waals surface area (Å²) in [6.45, 7) is 1.30. The van der Waals surface area contributed by atoms with Crippen LogP contribution in [-0.4, -0.2) is 93.4 Å². The molecule has 2 saturated heterocycles. The van der Waals surface area contributed by atoms with Gasteiger partial charge in [0.05, 0.1) is 12.4 Å². The van der Waals surface area contributed by atoms with Gasteiger partial charge in [-0.1, -0.05) is 0 Å². The predicted octanol–water partition coefficient (Wildman–Crippen LogP) is -2.20. The van der Waals surface area contributed by atoms with Gasteiger partial charge in [-0.2, -0.15) is 0 Å². The van der Waals surface area contributed by atoms with Gasteiger partial charge in [0.2, 0.25) is 17.7 Å². The number of carboxylic acid groups (broad SMARTS) is 1. The standard InChI is InChI=1S/C22H35N9O5/c23-22(24)27-8-2-5-15(21(35)36)29-19(33)17-6-3-9-31(17)20(34)16(10-13-11-25-12-28-13)30-18(32)14-4-1-7-26-14/h11-12,14-17,26H,1-10H2,(H,25,28)(H,29,33)(H,30,32)(H,35,36)(H4,23,24,27). The number of carboxylic acids is 1. The third-order valence-corrected chi connectivity index (χ3v) is 6.37. The zero-order valence-electron chi connectivity index (χ0n) is 20.1. The highest BCUT2D eigenvalue weighted by molar-refractivity contribution is 5.94. The molecule has 4 atom stereocenters. The molecular formula is C22H35N9O5. The maximum atomic E-state index is 13.6. The second-order valence-corrected chi connectivity index (χ2v) is 9.03. The van der Waals surface area contributed by atoms with E-state index in [1.165, 1.54) is 11.2 Å². The topological polar surface area (TPSA) is 221 Å². The largest absolute Gasteiger partial charge is 0.480 e. The van der Waals surface area contributed by atoms with Crippen LogP contribution >= 0.6 is 0 Å². The molecule has 2 fully saturated rings. The summed E-state index contributed by atoms with van der Waals surface area (Å²) >= 11 is 0. The van der Waals surface area contributed by atoms with Crippen LogP contribution in [0.3, 0.4) is 0 Å². The molecular weight excluding hydrogens is 470 g/mol. The average molecular weight is 506 g/mol. The van der Waals surface area contributed by atoms with Crippen LogP contribution in [0.2, 0.25) is 0 Å². The summed E-state index contributed by atoms with van der Waals surface area (Å²) in [4.78, 5) is 63.2. The second-order valence-electron chi connectivity index (χ2n) is 9.03. The Hall–Kier alpha value is -3.68. The molecule has 0 aliphatic carbocycles. The molecule has 1 aromatic rings. The number of aromatic nitrogens is 2. The summed E-state index contributed by atoms with van der Waals surface area (Å²) in [6, 6.07) is -3.24. The Kier molecular flexibility index (Phi) is 9.61. The molecule has 3 heterocycles. The summed E-state index contributed by atoms with van der Waals surface area (Å²) in [5.74, 6) is -2.48. The molecule has 0 bridgehead atoms. The fourth-order valence-corrected chi connectivity index (χ4v) is 4.53. The van der Waals surface area contributed by atoms with Crippen molar-refractivity contribution in [3.8, 4) is 0 Å². The maximum absolute atomic E-state index is 13.6. The van der Waals surface area contributed by atoms with Gasteiger partial charge in [-0.05, 0) is 45.1 Å². The Morgan fingerprint density at radius 1 is 1.17 bits per heavy atom. The number of hydrogen-bond acceptors (Lipinski definition) is 7. The minimum Gasteiger partial charge on any atom is -0.480 e. The van der Waals surface area contributed by atoms with E-state index in [4.69, 9.17) is 11.5 Å². The molecule has 36 heavy (non-hydrogen) atoms. The maximum Gasteiger partial charge on any atom is 0.326 e. The highest BCUT2D eigenvalue weighted by Gasteiger charge is 2.39. The summed E-state index contributed by atoms with van der Waals surface area (Å²) in [7, 11) is 0. The summed E-state index contributed by atoms with van der Waals surface area (Å²) in [6.07, 6.45) is 6.28. The molecule has 0 spiro atoms. The number of hydrogen-bond donors (Lipinski definition) is 7. The number of nitrogens with one attached hydrogen (secondary N) is 4. The number of H-pyrrole nitrogens is 1. The van der Waals surface area contributed by atoms with Gasteiger partial charge >= 0.3 is 5.97 Å². The molecule has 3 rings (SSSR count). The van der Waals surface area contributed by atoms with Crippen LogP contribution in [0.15, 0.2) is 17.5 Å². The van der Waals surface area contributed by atoms with Crippen molar-refractivity contribution >= 4 is 29.7 Å². The van der Waals surface area contributed by atoms with Gasteiger partial charge < -0.3 is 42.4 Å². The van der Waals surface area contributed by atoms with E-state index in [2.05, 4.69) is 30.9 Å². The average Bonchev–Trinajstić information content (AvgIpc) is 3.62. The van der Waals surface area contributed by atoms with Crippen molar-refractivity contribution in [2.75, 3.05) is 19.6 Å². The van der Waals surface area contributed by atoms with Gasteiger partial charge in [-0.15, -0.1) is 0 Å². The van der Waals surface area contributed by atoms with E-state index < -0.39 is 35.9 Å². The van der Waals surface area contributed by atoms with Crippen molar-refractivity contribution in [2.45, 2.75) is 69.1 Å². The number of nitrogens with zero attached hydrogens (tertiary/aromatic N) is 3. The van der Waals surface area contributed by atoms with E-state index in [1.807, 2.05) is 0 Å². The van der Waals surface area contributed by atoms with Gasteiger partial charge in [0.1, 0.15) is 18.1 Å². The van der Waals surface area contributed by atoms with Gasteiger partial charge in [0, 0.05) is 31.4 Å². The fraction of sp³-hybridized carbons (Fsp3) is 0.636. The third-order valence-electron chi connectivity index (χ3n) is 6.37. The summed E-state index contributed by atoms with van der Waals surface area (Å²) in [5, 5.41) is 18.0. The molecule has 0 aromatic carbocycles. The monoisotopic (exact) mass is 505 g/mol. The van der Waals surface area contributed by atoms with E-state index in [1.54, 1.807) is 6.20 Å². The smallest absolute Gasteiger partial charge is 0.326 e. The number of aromatic amines is 1. The lowest BCUT2D eigenvalue weighted by Gasteiger charge is -2.30. The Labute approximate surface area is 208 Å². The first kappa shape index (κ1) is 26.9. The number of aliphatic carboxylic acids is 1. The molecule has 0 radical (unpaired) electrons. The number of nitrogens with two attached hydrogens (primary N) is 2. The number of carbonyl (C=O) groups is 4. The molecule has 3 amide bonds. The van der Waals surface area contributed by atoms with Gasteiger partial charge in [0.25, 0.3) is 0 Å². The Morgan fingerprint density at radius 2 is 1.94 bits per heavy atom. The van der Waals surface area contributed by atoms with Crippen molar-refractivity contribution in [3.63, 3.8) is 0 Å². The minimum atomic E-state index is -1.18. The zero-order valence-corrected chi connectivity index (χ0v) is 20.1. The molecule has 198 valence electrons. The highest BCUT2D eigenvalue weighted by atomic mass is 16.4. The predicted molar refractivity (Wildman–Crippen MR) is 129 cm³/mol. The molecule has 0 saturated carbocycles. The fourth-order valence-electron chi connectivity index (χ4n) is 4.53. The van der Waals surface area contributed by atoms with E-state index in [-0.39, 0.29) is 37.3 Å². The summed E-state index contributed by atoms with van der Waals surface area (Å²) < 4.78 is 0. The molecule has 4 unspecified atom stereocenters. The van der Waals surface area contributed by atoms with Crippen LogP contribution in [0.1, 0.15) is 44.2 Å². The lowest BCUT2D eigenvalue weighted by molar-refractivity contribution is -0.145. The number of likely N-dealkylation sites (tertiary alicyclic amines) is 1. The molecule has 9 N–H and O–H groups in total. The molecule has 1 aromatic heterocycles. The van der Waals surface area contributed by atoms with Gasteiger partial charge in [-0.3, -0.25) is 19.4 Å². The van der Waals surface area contributed by atoms with Gasteiger partial charge in [-0.25, -0.2) is 9.78 Å². The van der Waals surface area contributed by atoms with Gasteiger partial charge in [0.15, 0.2) is 5.96 Å². The number of rotatable bonds is 12. The van der Waals surface area contributed by atoms with Crippen molar-refractivity contribution in [1.82, 2.24) is 30.8 Å². The molecule has 2 aliphatic rings. The van der Waals surface area contributed by atoms with Crippen LogP contribution < -0.4 is 27.4 Å². The van der Waals surface area contributed by atoms with Crippen molar-refractivity contribution in [1.29, 1.82) is 0 Å². The van der Waals surface area contributed by atoms with Crippen LogP contribution in [0.4, 0.5) is 0 Å². The molecule has 14 nitrogen and oxygen atoms in total. The second kappa shape index (κ2) is 12.9. The first-order chi connectivity index (χ1) is 17.3.